The summed E-state index contributed by atoms with van der Waals surface area (Å²) in [5, 5.41) is 17.7. The SMILES string of the molecule is CNCC(O)COc1ccc(Cl)c(-c2nc(C[C@H]3CCC[C@@H](C)C3)c(C)c(-c3c(C)noc3C)n2)c1. The average molecular weight is 513 g/mol. The fourth-order valence-electron chi connectivity index (χ4n) is 5.22. The third kappa shape index (κ3) is 6.07. The maximum absolute atomic E-state index is 10.0. The number of hydrogen-bond donors (Lipinski definition) is 2. The van der Waals surface area contributed by atoms with Gasteiger partial charge in [-0.25, -0.2) is 9.97 Å². The fraction of sp³-hybridized carbons (Fsp3) is 0.536. The van der Waals surface area contributed by atoms with Gasteiger partial charge in [-0.1, -0.05) is 42.9 Å². The van der Waals surface area contributed by atoms with Crippen molar-refractivity contribution in [3.05, 3.63) is 45.9 Å². The van der Waals surface area contributed by atoms with Crippen LogP contribution in [0.5, 0.6) is 5.75 Å². The Morgan fingerprint density at radius 2 is 2.03 bits per heavy atom. The van der Waals surface area contributed by atoms with E-state index in [0.29, 0.717) is 34.6 Å². The molecule has 2 N–H and O–H groups in total. The molecule has 0 spiro atoms. The Kier molecular flexibility index (Phi) is 8.65. The van der Waals surface area contributed by atoms with Crippen LogP contribution >= 0.6 is 11.6 Å². The molecule has 0 amide bonds. The predicted molar refractivity (Wildman–Crippen MR) is 142 cm³/mol. The number of aliphatic hydroxyl groups is 1. The van der Waals surface area contributed by atoms with Crippen molar-refractivity contribution in [2.75, 3.05) is 20.2 Å². The maximum atomic E-state index is 10.0. The van der Waals surface area contributed by atoms with Gasteiger partial charge in [-0.3, -0.25) is 0 Å². The number of aliphatic hydroxyl groups excluding tert-OH is 1. The zero-order valence-electron chi connectivity index (χ0n) is 21.9. The number of halogens is 1. The molecule has 4 rings (SSSR count). The average Bonchev–Trinajstić information content (AvgIpc) is 3.18. The summed E-state index contributed by atoms with van der Waals surface area (Å²) in [4.78, 5) is 10.0. The lowest BCUT2D eigenvalue weighted by atomic mass is 9.79. The molecule has 1 aliphatic carbocycles. The summed E-state index contributed by atoms with van der Waals surface area (Å²) >= 11 is 6.66. The predicted octanol–water partition coefficient (Wildman–Crippen LogP) is 5.71. The topological polar surface area (TPSA) is 93.3 Å². The quantitative estimate of drug-likeness (QED) is 0.379. The van der Waals surface area contributed by atoms with Crippen LogP contribution < -0.4 is 10.1 Å². The Labute approximate surface area is 218 Å². The molecule has 0 aliphatic heterocycles. The second-order valence-electron chi connectivity index (χ2n) is 10.2. The summed E-state index contributed by atoms with van der Waals surface area (Å²) in [6.07, 6.45) is 5.32. The molecular weight excluding hydrogens is 476 g/mol. The van der Waals surface area contributed by atoms with E-state index in [0.717, 1.165) is 46.3 Å². The van der Waals surface area contributed by atoms with Gasteiger partial charge in [0.25, 0.3) is 0 Å². The Hall–Kier alpha value is -2.48. The van der Waals surface area contributed by atoms with Gasteiger partial charge in [0.1, 0.15) is 24.2 Å². The fourth-order valence-corrected chi connectivity index (χ4v) is 5.42. The van der Waals surface area contributed by atoms with E-state index < -0.39 is 6.10 Å². The van der Waals surface area contributed by atoms with Crippen LogP contribution in [0.1, 0.15) is 55.3 Å². The van der Waals surface area contributed by atoms with Gasteiger partial charge in [-0.15, -0.1) is 0 Å². The number of aryl methyl sites for hydroxylation is 2. The molecule has 1 unspecified atom stereocenters. The molecule has 1 fully saturated rings. The number of hydrogen-bond acceptors (Lipinski definition) is 7. The molecule has 3 aromatic rings. The zero-order valence-corrected chi connectivity index (χ0v) is 22.7. The highest BCUT2D eigenvalue weighted by atomic mass is 35.5. The van der Waals surface area contributed by atoms with E-state index in [9.17, 15) is 5.11 Å². The highest BCUT2D eigenvalue weighted by Crippen LogP contribution is 2.37. The Morgan fingerprint density at radius 1 is 1.22 bits per heavy atom. The molecule has 8 heteroatoms. The molecule has 194 valence electrons. The first-order valence-electron chi connectivity index (χ1n) is 12.8. The number of nitrogens with one attached hydrogen (secondary N) is 1. The Morgan fingerprint density at radius 3 is 2.72 bits per heavy atom. The molecule has 2 aromatic heterocycles. The van der Waals surface area contributed by atoms with Crippen LogP contribution in [0.3, 0.4) is 0 Å². The molecule has 1 aromatic carbocycles. The monoisotopic (exact) mass is 512 g/mol. The van der Waals surface area contributed by atoms with Crippen LogP contribution in [0.4, 0.5) is 0 Å². The number of nitrogens with zero attached hydrogens (tertiary/aromatic N) is 3. The van der Waals surface area contributed by atoms with Gasteiger partial charge in [-0.2, -0.15) is 0 Å². The Bertz CT molecular complexity index is 1180. The van der Waals surface area contributed by atoms with Crippen LogP contribution in [0.25, 0.3) is 22.6 Å². The van der Waals surface area contributed by atoms with Gasteiger partial charge >= 0.3 is 0 Å². The summed E-state index contributed by atoms with van der Waals surface area (Å²) < 4.78 is 11.3. The molecule has 3 atom stereocenters. The molecule has 7 nitrogen and oxygen atoms in total. The highest BCUT2D eigenvalue weighted by Gasteiger charge is 2.25. The van der Waals surface area contributed by atoms with Gasteiger partial charge in [0.15, 0.2) is 5.82 Å². The second kappa shape index (κ2) is 11.7. The van der Waals surface area contributed by atoms with Gasteiger partial charge in [-0.05, 0) is 76.3 Å². The zero-order chi connectivity index (χ0) is 25.8. The number of aromatic nitrogens is 3. The Balaban J connectivity index is 1.76. The van der Waals surface area contributed by atoms with Crippen molar-refractivity contribution in [3.63, 3.8) is 0 Å². The van der Waals surface area contributed by atoms with Gasteiger partial charge in [0.2, 0.25) is 0 Å². The van der Waals surface area contributed by atoms with E-state index in [-0.39, 0.29) is 6.61 Å². The van der Waals surface area contributed by atoms with E-state index in [2.05, 4.69) is 24.3 Å². The normalized spacial score (nSPS) is 18.9. The molecule has 36 heavy (non-hydrogen) atoms. The van der Waals surface area contributed by atoms with E-state index in [1.165, 1.54) is 25.7 Å². The van der Waals surface area contributed by atoms with Crippen molar-refractivity contribution in [2.24, 2.45) is 11.8 Å². The van der Waals surface area contributed by atoms with Crippen molar-refractivity contribution in [3.8, 4) is 28.4 Å². The van der Waals surface area contributed by atoms with E-state index in [1.54, 1.807) is 19.2 Å². The molecule has 1 aliphatic rings. The van der Waals surface area contributed by atoms with Crippen molar-refractivity contribution >= 4 is 11.6 Å². The first-order chi connectivity index (χ1) is 17.3. The van der Waals surface area contributed by atoms with Gasteiger partial charge < -0.3 is 19.7 Å². The van der Waals surface area contributed by atoms with Crippen LogP contribution in [-0.4, -0.2) is 46.5 Å². The first-order valence-corrected chi connectivity index (χ1v) is 13.2. The summed E-state index contributed by atoms with van der Waals surface area (Å²) in [5.41, 5.74) is 5.35. The third-order valence-corrected chi connectivity index (χ3v) is 7.43. The smallest absolute Gasteiger partial charge is 0.161 e. The molecule has 2 heterocycles. The third-order valence-electron chi connectivity index (χ3n) is 7.10. The van der Waals surface area contributed by atoms with Crippen LogP contribution in [0, 0.1) is 32.6 Å². The second-order valence-corrected chi connectivity index (χ2v) is 10.6. The standard InChI is InChI=1S/C28H37ClN4O3/c1-16-7-6-8-20(11-16)12-25-17(2)27(26-18(3)33-36-19(26)4)32-28(31-25)23-13-22(9-10-24(23)29)35-15-21(34)14-30-5/h9-10,13,16,20-21,30,34H,6-8,11-12,14-15H2,1-5H3/t16-,20+,21?/m1/s1. The van der Waals surface area contributed by atoms with E-state index in [4.69, 9.17) is 30.8 Å². The number of rotatable bonds is 9. The highest BCUT2D eigenvalue weighted by molar-refractivity contribution is 6.33. The van der Waals surface area contributed by atoms with Gasteiger partial charge in [0.05, 0.1) is 22.0 Å². The van der Waals surface area contributed by atoms with Crippen molar-refractivity contribution in [2.45, 2.75) is 65.9 Å². The lowest BCUT2D eigenvalue weighted by Gasteiger charge is -2.27. The van der Waals surface area contributed by atoms with Crippen LogP contribution in [0.2, 0.25) is 5.02 Å². The van der Waals surface area contributed by atoms with Crippen molar-refractivity contribution in [1.29, 1.82) is 0 Å². The van der Waals surface area contributed by atoms with E-state index >= 15 is 0 Å². The molecular formula is C28H37ClN4O3. The van der Waals surface area contributed by atoms with Crippen LogP contribution in [0.15, 0.2) is 22.7 Å². The van der Waals surface area contributed by atoms with Gasteiger partial charge in [0, 0.05) is 17.8 Å². The number of likely N-dealkylation sites (N-methyl/N-ethyl adjacent to an activating group) is 1. The number of ether oxygens (including phenoxy) is 1. The van der Waals surface area contributed by atoms with E-state index in [1.807, 2.05) is 19.9 Å². The summed E-state index contributed by atoms with van der Waals surface area (Å²) in [6.45, 7) is 8.91. The lowest BCUT2D eigenvalue weighted by molar-refractivity contribution is 0.108. The number of benzene rings is 1. The maximum Gasteiger partial charge on any atom is 0.161 e. The molecule has 1 saturated carbocycles. The lowest BCUT2D eigenvalue weighted by Crippen LogP contribution is -2.29. The van der Waals surface area contributed by atoms with Crippen LogP contribution in [-0.2, 0) is 6.42 Å². The van der Waals surface area contributed by atoms with Crippen molar-refractivity contribution < 1.29 is 14.4 Å². The minimum absolute atomic E-state index is 0.173. The minimum atomic E-state index is -0.611. The van der Waals surface area contributed by atoms with Crippen molar-refractivity contribution in [1.82, 2.24) is 20.4 Å². The summed E-state index contributed by atoms with van der Waals surface area (Å²) in [7, 11) is 1.79. The minimum Gasteiger partial charge on any atom is -0.491 e. The first kappa shape index (κ1) is 26.6. The largest absolute Gasteiger partial charge is 0.491 e. The summed E-state index contributed by atoms with van der Waals surface area (Å²) in [5.74, 6) is 3.25. The summed E-state index contributed by atoms with van der Waals surface area (Å²) in [6, 6.07) is 5.44. The molecule has 0 bridgehead atoms. The molecule has 0 saturated heterocycles. The molecule has 0 radical (unpaired) electrons.